The molecule has 1 saturated heterocycles. The average Bonchev–Trinajstić information content (AvgIpc) is 3.57. The number of ether oxygens (including phenoxy) is 3. The summed E-state index contributed by atoms with van der Waals surface area (Å²) in [5.41, 5.74) is -0.391. The van der Waals surface area contributed by atoms with E-state index in [4.69, 9.17) is 31.9 Å². The number of hydrogen-bond donors (Lipinski definition) is 1. The van der Waals surface area contributed by atoms with Gasteiger partial charge in [0, 0.05) is 24.0 Å². The zero-order valence-corrected chi connectivity index (χ0v) is 36.6. The van der Waals surface area contributed by atoms with Crippen molar-refractivity contribution in [2.24, 2.45) is 28.6 Å². The predicted octanol–water partition coefficient (Wildman–Crippen LogP) is 8.50. The molecule has 5 aliphatic rings. The molecular weight excluding hydrogens is 697 g/mol. The van der Waals surface area contributed by atoms with Crippen LogP contribution in [0.5, 0.6) is 5.95 Å². The van der Waals surface area contributed by atoms with E-state index in [9.17, 15) is 9.90 Å². The molecule has 290 valence electrons. The van der Waals surface area contributed by atoms with Crippen LogP contribution in [0.2, 0.25) is 58.9 Å². The molecule has 1 N–H and O–H groups in total. The Morgan fingerprint density at radius 1 is 0.843 bits per heavy atom. The Morgan fingerprint density at radius 3 is 2.16 bits per heavy atom. The van der Waals surface area contributed by atoms with Crippen molar-refractivity contribution in [1.82, 2.24) is 0 Å². The highest BCUT2D eigenvalue weighted by atomic mass is 28.4. The number of aliphatic hydroxyl groups is 1. The highest BCUT2D eigenvalue weighted by Gasteiger charge is 2.68. The summed E-state index contributed by atoms with van der Waals surface area (Å²) >= 11 is 0. The van der Waals surface area contributed by atoms with Crippen molar-refractivity contribution >= 4 is 31.2 Å². The van der Waals surface area contributed by atoms with Gasteiger partial charge in [-0.25, -0.2) is 0 Å². The van der Waals surface area contributed by atoms with Gasteiger partial charge in [-0.2, -0.15) is 0 Å². The van der Waals surface area contributed by atoms with Crippen molar-refractivity contribution < 1.29 is 41.8 Å². The van der Waals surface area contributed by atoms with Gasteiger partial charge in [0.2, 0.25) is 8.32 Å². The molecule has 1 aromatic rings. The molecule has 4 saturated carbocycles. The molecule has 4 aliphatic carbocycles. The van der Waals surface area contributed by atoms with E-state index in [1.54, 1.807) is 7.11 Å². The van der Waals surface area contributed by atoms with Gasteiger partial charge in [-0.1, -0.05) is 6.92 Å². The van der Waals surface area contributed by atoms with E-state index >= 15 is 0 Å². The SMILES string of the molecule is COC1C(O[Si](C)(C)C)C(C)OC(OC2CCC3(C=O)C(CCC4C3CCC3(C)C(c5coc(O[Si](C)(C)C)c5)CCC43O)C2)C1O[Si](C)(C)C. The molecule has 13 atom stereocenters. The predicted molar refractivity (Wildman–Crippen MR) is 205 cm³/mol. The fourth-order valence-corrected chi connectivity index (χ4v) is 14.2. The molecule has 0 spiro atoms. The first-order chi connectivity index (χ1) is 23.6. The lowest BCUT2D eigenvalue weighted by Gasteiger charge is -2.63. The lowest BCUT2D eigenvalue weighted by molar-refractivity contribution is -0.306. The van der Waals surface area contributed by atoms with Crippen LogP contribution >= 0.6 is 0 Å². The Hall–Kier alpha value is -0.839. The van der Waals surface area contributed by atoms with Crippen LogP contribution in [0.15, 0.2) is 16.7 Å². The summed E-state index contributed by atoms with van der Waals surface area (Å²) in [6, 6.07) is 2.07. The Morgan fingerprint density at radius 2 is 1.53 bits per heavy atom. The number of rotatable bonds is 11. The van der Waals surface area contributed by atoms with Crippen LogP contribution in [0.1, 0.15) is 83.1 Å². The fourth-order valence-electron chi connectivity index (χ4n) is 11.3. The van der Waals surface area contributed by atoms with Crippen LogP contribution < -0.4 is 4.43 Å². The van der Waals surface area contributed by atoms with Crippen LogP contribution in [0.3, 0.4) is 0 Å². The quantitative estimate of drug-likeness (QED) is 0.135. The van der Waals surface area contributed by atoms with Crippen molar-refractivity contribution in [2.75, 3.05) is 7.11 Å². The normalized spacial score (nSPS) is 43.2. The zero-order valence-electron chi connectivity index (χ0n) is 33.6. The molecule has 2 heterocycles. The number of furan rings is 1. The van der Waals surface area contributed by atoms with Crippen molar-refractivity contribution in [2.45, 2.75) is 179 Å². The number of fused-ring (bicyclic) bond motifs is 5. The lowest BCUT2D eigenvalue weighted by Crippen LogP contribution is -2.64. The smallest absolute Gasteiger partial charge is 0.270 e. The van der Waals surface area contributed by atoms with Crippen molar-refractivity contribution in [1.29, 1.82) is 0 Å². The molecule has 12 heteroatoms. The molecule has 0 aromatic carbocycles. The second-order valence-electron chi connectivity index (χ2n) is 19.9. The minimum atomic E-state index is -2.01. The van der Waals surface area contributed by atoms with E-state index in [2.05, 4.69) is 78.8 Å². The Labute approximate surface area is 310 Å². The second-order valence-corrected chi connectivity index (χ2v) is 33.3. The molecule has 0 bridgehead atoms. The second kappa shape index (κ2) is 14.0. The molecule has 1 aliphatic heterocycles. The van der Waals surface area contributed by atoms with Gasteiger partial charge in [0.1, 0.15) is 18.5 Å². The molecule has 9 nitrogen and oxygen atoms in total. The van der Waals surface area contributed by atoms with E-state index in [-0.39, 0.29) is 53.5 Å². The van der Waals surface area contributed by atoms with E-state index in [1.165, 1.54) is 6.29 Å². The zero-order chi connectivity index (χ0) is 37.4. The summed E-state index contributed by atoms with van der Waals surface area (Å²) in [5.74, 6) is 1.30. The first-order valence-corrected chi connectivity index (χ1v) is 30.0. The Bertz CT molecular complexity index is 1380. The lowest BCUT2D eigenvalue weighted by atomic mass is 9.43. The topological polar surface area (TPSA) is 106 Å². The minimum Gasteiger partial charge on any atom is -0.519 e. The van der Waals surface area contributed by atoms with Gasteiger partial charge in [0.25, 0.3) is 5.95 Å². The third kappa shape index (κ3) is 7.57. The Kier molecular flexibility index (Phi) is 11.0. The summed E-state index contributed by atoms with van der Waals surface area (Å²) in [6.07, 6.45) is 9.15. The maximum Gasteiger partial charge on any atom is 0.270 e. The van der Waals surface area contributed by atoms with Crippen LogP contribution in [-0.2, 0) is 27.9 Å². The van der Waals surface area contributed by atoms with Gasteiger partial charge in [0.15, 0.2) is 22.9 Å². The summed E-state index contributed by atoms with van der Waals surface area (Å²) in [7, 11) is -3.97. The minimum absolute atomic E-state index is 0.0435. The number of hydrogen-bond acceptors (Lipinski definition) is 9. The maximum absolute atomic E-state index is 13.4. The molecule has 13 unspecified atom stereocenters. The molecule has 0 radical (unpaired) electrons. The molecule has 51 heavy (non-hydrogen) atoms. The van der Waals surface area contributed by atoms with Gasteiger partial charge >= 0.3 is 0 Å². The number of aldehydes is 1. The van der Waals surface area contributed by atoms with Crippen LogP contribution in [0, 0.1) is 28.6 Å². The molecular formula is C39H68O9Si3. The first-order valence-electron chi connectivity index (χ1n) is 19.8. The standard InChI is InChI=1S/C39H68O9Si3/c1-25-33(47-50(7,8)9)34(42-3)35(48-51(10,11)12)36(44-25)45-28-15-19-38(24-40)27(22-28)13-14-31-30(38)16-18-37(2)29(17-20-39(31,37)41)26-21-32(43-23-26)46-49(4,5)6/h21,23-25,27-31,33-36,41H,13-20,22H2,1-12H3. The number of methoxy groups -OCH3 is 1. The molecule has 0 amide bonds. The largest absolute Gasteiger partial charge is 0.519 e. The monoisotopic (exact) mass is 764 g/mol. The van der Waals surface area contributed by atoms with Crippen molar-refractivity contribution in [3.63, 3.8) is 0 Å². The van der Waals surface area contributed by atoms with Crippen LogP contribution in [0.25, 0.3) is 0 Å². The van der Waals surface area contributed by atoms with Gasteiger partial charge in [0.05, 0.1) is 30.2 Å². The van der Waals surface area contributed by atoms with Crippen molar-refractivity contribution in [3.8, 4) is 5.95 Å². The van der Waals surface area contributed by atoms with Gasteiger partial charge in [-0.3, -0.25) is 0 Å². The number of carbonyl (C=O) groups excluding carboxylic acids is 1. The van der Waals surface area contributed by atoms with Gasteiger partial charge in [-0.05, 0) is 153 Å². The maximum atomic E-state index is 13.4. The van der Waals surface area contributed by atoms with Crippen LogP contribution in [-0.4, -0.2) is 85.9 Å². The van der Waals surface area contributed by atoms with E-state index in [0.29, 0.717) is 5.95 Å². The van der Waals surface area contributed by atoms with Crippen LogP contribution in [0.4, 0.5) is 0 Å². The Balaban J connectivity index is 1.18. The van der Waals surface area contributed by atoms with E-state index in [0.717, 1.165) is 63.4 Å². The molecule has 1 aromatic heterocycles. The van der Waals surface area contributed by atoms with E-state index in [1.807, 2.05) is 6.26 Å². The summed E-state index contributed by atoms with van der Waals surface area (Å²) in [5, 5.41) is 12.8. The highest BCUT2D eigenvalue weighted by molar-refractivity contribution is 6.70. The fraction of sp³-hybridized carbons (Fsp3) is 0.872. The van der Waals surface area contributed by atoms with Gasteiger partial charge < -0.3 is 41.8 Å². The number of carbonyl (C=O) groups is 1. The van der Waals surface area contributed by atoms with E-state index < -0.39 is 48.4 Å². The third-order valence-corrected chi connectivity index (χ3v) is 16.1. The summed E-state index contributed by atoms with van der Waals surface area (Å²) < 4.78 is 45.2. The molecule has 5 fully saturated rings. The highest BCUT2D eigenvalue weighted by Crippen LogP contribution is 2.70. The summed E-state index contributed by atoms with van der Waals surface area (Å²) in [4.78, 5) is 13.4. The molecule has 6 rings (SSSR count). The van der Waals surface area contributed by atoms with Crippen molar-refractivity contribution in [3.05, 3.63) is 17.9 Å². The summed E-state index contributed by atoms with van der Waals surface area (Å²) in [6.45, 7) is 24.0. The average molecular weight is 765 g/mol. The first kappa shape index (κ1) is 39.8. The third-order valence-electron chi connectivity index (χ3n) is 13.3. The van der Waals surface area contributed by atoms with Gasteiger partial charge in [-0.15, -0.1) is 0 Å².